The van der Waals surface area contributed by atoms with Crippen LogP contribution in [-0.2, 0) is 12.8 Å². The molecule has 0 saturated carbocycles. The molecular formula is C21H24N4. The van der Waals surface area contributed by atoms with Crippen molar-refractivity contribution in [1.82, 2.24) is 5.32 Å². The number of rotatable bonds is 5. The van der Waals surface area contributed by atoms with Crippen molar-refractivity contribution in [2.24, 2.45) is 0 Å². The van der Waals surface area contributed by atoms with E-state index >= 15 is 0 Å². The fourth-order valence-corrected chi connectivity index (χ4v) is 3.77. The lowest BCUT2D eigenvalue weighted by Gasteiger charge is -2.18. The summed E-state index contributed by atoms with van der Waals surface area (Å²) in [6.45, 7) is 3.15. The predicted octanol–water partition coefficient (Wildman–Crippen LogP) is 3.55. The summed E-state index contributed by atoms with van der Waals surface area (Å²) < 4.78 is 0. The van der Waals surface area contributed by atoms with Crippen LogP contribution in [0.5, 0.6) is 0 Å². The van der Waals surface area contributed by atoms with Crippen LogP contribution in [0.1, 0.15) is 24.0 Å². The fourth-order valence-electron chi connectivity index (χ4n) is 3.77. The minimum absolute atomic E-state index is 0.509. The number of nitrogens with one attached hydrogen (secondary N) is 3. The van der Waals surface area contributed by atoms with Gasteiger partial charge < -0.3 is 16.0 Å². The maximum absolute atomic E-state index is 8.73. The number of aryl methyl sites for hydroxylation is 1. The molecule has 0 bridgehead atoms. The molecule has 1 unspecified atom stereocenters. The van der Waals surface area contributed by atoms with E-state index in [1.165, 1.54) is 40.0 Å². The summed E-state index contributed by atoms with van der Waals surface area (Å²) in [4.78, 5) is 0. The predicted molar refractivity (Wildman–Crippen MR) is 103 cm³/mol. The molecule has 0 amide bonds. The van der Waals surface area contributed by atoms with Gasteiger partial charge in [0, 0.05) is 25.6 Å². The topological polar surface area (TPSA) is 59.9 Å². The Labute approximate surface area is 149 Å². The molecule has 0 aromatic heterocycles. The Morgan fingerprint density at radius 2 is 2.00 bits per heavy atom. The molecule has 2 aliphatic rings. The monoisotopic (exact) mass is 332 g/mol. The lowest BCUT2D eigenvalue weighted by atomic mass is 9.98. The average Bonchev–Trinajstić information content (AvgIpc) is 3.32. The first-order valence-corrected chi connectivity index (χ1v) is 9.18. The highest BCUT2D eigenvalue weighted by Crippen LogP contribution is 2.36. The second-order valence-electron chi connectivity index (χ2n) is 6.92. The highest BCUT2D eigenvalue weighted by atomic mass is 15.1. The Morgan fingerprint density at radius 3 is 2.76 bits per heavy atom. The third kappa shape index (κ3) is 3.47. The number of hydrogen-bond donors (Lipinski definition) is 3. The van der Waals surface area contributed by atoms with Crippen LogP contribution < -0.4 is 16.0 Å². The number of anilines is 2. The van der Waals surface area contributed by atoms with Crippen molar-refractivity contribution in [1.29, 1.82) is 5.26 Å². The molecule has 2 heterocycles. The molecule has 2 aromatic rings. The maximum atomic E-state index is 8.73. The second kappa shape index (κ2) is 7.16. The van der Waals surface area contributed by atoms with Crippen LogP contribution >= 0.6 is 0 Å². The molecule has 3 N–H and O–H groups in total. The normalized spacial score (nSPS) is 18.4. The standard InChI is InChI=1S/C21H24N4/c22-9-1-2-15-3-5-16(6-4-15)18-12-17-7-11-24-21(17)20(13-18)25-19-8-10-23-14-19/h3-6,12-13,19,23-25H,1-2,7-8,10-11,14H2. The smallest absolute Gasteiger partial charge is 0.0625 e. The summed E-state index contributed by atoms with van der Waals surface area (Å²) in [7, 11) is 0. The number of hydrogen-bond acceptors (Lipinski definition) is 4. The Hall–Kier alpha value is -2.51. The van der Waals surface area contributed by atoms with E-state index in [2.05, 4.69) is 58.4 Å². The Balaban J connectivity index is 1.62. The number of fused-ring (bicyclic) bond motifs is 1. The van der Waals surface area contributed by atoms with Gasteiger partial charge >= 0.3 is 0 Å². The first-order chi connectivity index (χ1) is 12.3. The van der Waals surface area contributed by atoms with Gasteiger partial charge in [-0.25, -0.2) is 0 Å². The van der Waals surface area contributed by atoms with Gasteiger partial charge in [-0.1, -0.05) is 24.3 Å². The Kier molecular flexibility index (Phi) is 4.58. The molecular weight excluding hydrogens is 308 g/mol. The van der Waals surface area contributed by atoms with E-state index in [9.17, 15) is 0 Å². The van der Waals surface area contributed by atoms with Crippen LogP contribution in [0.15, 0.2) is 36.4 Å². The number of nitriles is 1. The molecule has 2 aliphatic heterocycles. The van der Waals surface area contributed by atoms with E-state index in [0.717, 1.165) is 32.5 Å². The molecule has 4 rings (SSSR count). The van der Waals surface area contributed by atoms with Crippen LogP contribution in [0.2, 0.25) is 0 Å². The summed E-state index contributed by atoms with van der Waals surface area (Å²) in [6, 6.07) is 16.0. The fraction of sp³-hybridized carbons (Fsp3) is 0.381. The maximum Gasteiger partial charge on any atom is 0.0625 e. The molecule has 128 valence electrons. The molecule has 0 spiro atoms. The highest BCUT2D eigenvalue weighted by Gasteiger charge is 2.20. The van der Waals surface area contributed by atoms with Gasteiger partial charge in [0.25, 0.3) is 0 Å². The minimum Gasteiger partial charge on any atom is -0.383 e. The number of nitrogens with zero attached hydrogens (tertiary/aromatic N) is 1. The van der Waals surface area contributed by atoms with Crippen LogP contribution in [0, 0.1) is 11.3 Å². The first kappa shape index (κ1) is 16.0. The van der Waals surface area contributed by atoms with Crippen LogP contribution in [0.3, 0.4) is 0 Å². The molecule has 1 atom stereocenters. The third-order valence-electron chi connectivity index (χ3n) is 5.15. The van der Waals surface area contributed by atoms with E-state index in [1.807, 2.05) is 0 Å². The van der Waals surface area contributed by atoms with Gasteiger partial charge in [-0.15, -0.1) is 0 Å². The Morgan fingerprint density at radius 1 is 1.12 bits per heavy atom. The molecule has 1 fully saturated rings. The van der Waals surface area contributed by atoms with Crippen LogP contribution in [0.25, 0.3) is 11.1 Å². The lowest BCUT2D eigenvalue weighted by molar-refractivity contribution is 0.794. The van der Waals surface area contributed by atoms with Crippen molar-refractivity contribution >= 4 is 11.4 Å². The van der Waals surface area contributed by atoms with E-state index in [4.69, 9.17) is 5.26 Å². The van der Waals surface area contributed by atoms with Gasteiger partial charge in [0.15, 0.2) is 0 Å². The quantitative estimate of drug-likeness (QED) is 0.784. The molecule has 2 aromatic carbocycles. The molecule has 4 heteroatoms. The van der Waals surface area contributed by atoms with Crippen molar-refractivity contribution < 1.29 is 0 Å². The van der Waals surface area contributed by atoms with Gasteiger partial charge in [0.05, 0.1) is 17.4 Å². The number of benzene rings is 2. The van der Waals surface area contributed by atoms with Crippen molar-refractivity contribution in [3.63, 3.8) is 0 Å². The van der Waals surface area contributed by atoms with E-state index in [0.29, 0.717) is 12.5 Å². The zero-order valence-electron chi connectivity index (χ0n) is 14.4. The van der Waals surface area contributed by atoms with Gasteiger partial charge in [-0.2, -0.15) is 5.26 Å². The van der Waals surface area contributed by atoms with Crippen molar-refractivity contribution in [3.05, 3.63) is 47.5 Å². The molecule has 1 saturated heterocycles. The summed E-state index contributed by atoms with van der Waals surface area (Å²) in [5.41, 5.74) is 7.64. The lowest BCUT2D eigenvalue weighted by Crippen LogP contribution is -2.22. The summed E-state index contributed by atoms with van der Waals surface area (Å²) in [5, 5.41) is 19.4. The van der Waals surface area contributed by atoms with E-state index in [1.54, 1.807) is 0 Å². The van der Waals surface area contributed by atoms with Gasteiger partial charge in [0.1, 0.15) is 0 Å². The van der Waals surface area contributed by atoms with Crippen molar-refractivity contribution in [2.75, 3.05) is 30.3 Å². The molecule has 0 radical (unpaired) electrons. The van der Waals surface area contributed by atoms with Gasteiger partial charge in [-0.3, -0.25) is 0 Å². The zero-order chi connectivity index (χ0) is 17.1. The summed E-state index contributed by atoms with van der Waals surface area (Å²) >= 11 is 0. The van der Waals surface area contributed by atoms with Crippen molar-refractivity contribution in [2.45, 2.75) is 31.7 Å². The van der Waals surface area contributed by atoms with Gasteiger partial charge in [0.2, 0.25) is 0 Å². The van der Waals surface area contributed by atoms with Gasteiger partial charge in [-0.05, 0) is 60.2 Å². The first-order valence-electron chi connectivity index (χ1n) is 9.18. The Bertz CT molecular complexity index is 783. The second-order valence-corrected chi connectivity index (χ2v) is 6.92. The summed E-state index contributed by atoms with van der Waals surface area (Å²) in [6.07, 6.45) is 3.66. The van der Waals surface area contributed by atoms with Crippen LogP contribution in [-0.4, -0.2) is 25.7 Å². The molecule has 0 aliphatic carbocycles. The van der Waals surface area contributed by atoms with Crippen molar-refractivity contribution in [3.8, 4) is 17.2 Å². The largest absolute Gasteiger partial charge is 0.383 e. The van der Waals surface area contributed by atoms with E-state index in [-0.39, 0.29) is 0 Å². The molecule has 25 heavy (non-hydrogen) atoms. The third-order valence-corrected chi connectivity index (χ3v) is 5.15. The summed E-state index contributed by atoms with van der Waals surface area (Å²) in [5.74, 6) is 0. The van der Waals surface area contributed by atoms with Crippen LogP contribution in [0.4, 0.5) is 11.4 Å². The highest BCUT2D eigenvalue weighted by molar-refractivity contribution is 5.82. The van der Waals surface area contributed by atoms with E-state index < -0.39 is 0 Å². The minimum atomic E-state index is 0.509. The zero-order valence-corrected chi connectivity index (χ0v) is 14.4. The average molecular weight is 332 g/mol. The molecule has 4 nitrogen and oxygen atoms in total. The SMILES string of the molecule is N#CCCc1ccc(-c2cc3c(c(NC4CCNC4)c2)NCC3)cc1.